The topological polar surface area (TPSA) is 116 Å². The molecular weight excluding hydrogens is 418 g/mol. The third kappa shape index (κ3) is 4.45. The fourth-order valence-electron chi connectivity index (χ4n) is 3.85. The van der Waals surface area contributed by atoms with Crippen molar-refractivity contribution < 1.29 is 17.9 Å². The molecule has 0 spiro atoms. The van der Waals surface area contributed by atoms with Gasteiger partial charge in [-0.05, 0) is 30.9 Å². The molecule has 1 N–H and O–H groups in total. The van der Waals surface area contributed by atoms with Gasteiger partial charge in [0.15, 0.2) is 9.84 Å². The number of nitrogens with one attached hydrogen (secondary N) is 1. The van der Waals surface area contributed by atoms with Crippen LogP contribution in [0.5, 0.6) is 0 Å². The quantitative estimate of drug-likeness (QED) is 0.622. The number of carbonyl (C=O) groups excluding carboxylic acids is 1. The highest BCUT2D eigenvalue weighted by Gasteiger charge is 2.22. The monoisotopic (exact) mass is 443 g/mol. The van der Waals surface area contributed by atoms with E-state index in [-0.39, 0.29) is 22.9 Å². The summed E-state index contributed by atoms with van der Waals surface area (Å²) in [5.41, 5.74) is 1.88. The van der Waals surface area contributed by atoms with Crippen molar-refractivity contribution in [1.29, 1.82) is 0 Å². The highest BCUT2D eigenvalue weighted by Crippen LogP contribution is 2.27. The Labute approximate surface area is 180 Å². The molecule has 9 nitrogen and oxygen atoms in total. The molecule has 1 saturated heterocycles. The van der Waals surface area contributed by atoms with E-state index in [1.165, 1.54) is 12.4 Å². The van der Waals surface area contributed by atoms with Gasteiger partial charge in [0.05, 0.1) is 40.5 Å². The Hall–Kier alpha value is -2.85. The molecule has 1 atom stereocenters. The molecule has 3 aromatic heterocycles. The molecule has 4 heterocycles. The first-order valence-corrected chi connectivity index (χ1v) is 12.1. The van der Waals surface area contributed by atoms with Gasteiger partial charge in [-0.2, -0.15) is 5.10 Å². The van der Waals surface area contributed by atoms with Crippen LogP contribution in [0.1, 0.15) is 54.2 Å². The number of hydrogen-bond donors (Lipinski definition) is 1. The number of hydrogen-bond acceptors (Lipinski definition) is 7. The summed E-state index contributed by atoms with van der Waals surface area (Å²) in [5.74, 6) is -0.291. The Morgan fingerprint density at radius 3 is 2.65 bits per heavy atom. The number of ether oxygens (including phenoxy) is 1. The molecule has 1 aliphatic heterocycles. The number of rotatable bonds is 6. The van der Waals surface area contributed by atoms with Crippen molar-refractivity contribution in [2.45, 2.75) is 43.2 Å². The lowest BCUT2D eigenvalue weighted by atomic mass is 10.1. The summed E-state index contributed by atoms with van der Waals surface area (Å²) in [7, 11) is -3.39. The highest BCUT2D eigenvalue weighted by atomic mass is 32.2. The van der Waals surface area contributed by atoms with E-state index in [0.29, 0.717) is 30.8 Å². The largest absolute Gasteiger partial charge is 0.381 e. The van der Waals surface area contributed by atoms with E-state index in [9.17, 15) is 13.2 Å². The molecule has 0 aliphatic carbocycles. The summed E-state index contributed by atoms with van der Waals surface area (Å²) in [6.07, 6.45) is 11.3. The maximum absolute atomic E-state index is 13.1. The number of amides is 1. The van der Waals surface area contributed by atoms with Gasteiger partial charge in [0.25, 0.3) is 5.91 Å². The SMILES string of the molecule is CC[C@H](NC(=O)c1cncc2c1cnn2C1CCOCC1)c1cncc(S(C)(=O)=O)c1. The number of pyridine rings is 2. The van der Waals surface area contributed by atoms with Gasteiger partial charge in [-0.15, -0.1) is 0 Å². The normalized spacial score (nSPS) is 16.3. The molecule has 0 aromatic carbocycles. The van der Waals surface area contributed by atoms with Crippen LogP contribution < -0.4 is 5.32 Å². The molecular formula is C21H25N5O4S. The average Bonchev–Trinajstić information content (AvgIpc) is 3.21. The van der Waals surface area contributed by atoms with Crippen LogP contribution in [0.2, 0.25) is 0 Å². The van der Waals surface area contributed by atoms with Crippen LogP contribution in [-0.4, -0.2) is 53.5 Å². The summed E-state index contributed by atoms with van der Waals surface area (Å²) >= 11 is 0. The second-order valence-electron chi connectivity index (χ2n) is 7.71. The summed E-state index contributed by atoms with van der Waals surface area (Å²) < 4.78 is 31.1. The van der Waals surface area contributed by atoms with Gasteiger partial charge in [-0.25, -0.2) is 8.42 Å². The fraction of sp³-hybridized carbons (Fsp3) is 0.429. The lowest BCUT2D eigenvalue weighted by Gasteiger charge is -2.23. The molecule has 3 aromatic rings. The first-order valence-electron chi connectivity index (χ1n) is 10.2. The van der Waals surface area contributed by atoms with E-state index >= 15 is 0 Å². The number of sulfone groups is 1. The minimum Gasteiger partial charge on any atom is -0.381 e. The van der Waals surface area contributed by atoms with E-state index in [2.05, 4.69) is 20.4 Å². The highest BCUT2D eigenvalue weighted by molar-refractivity contribution is 7.90. The zero-order chi connectivity index (χ0) is 22.0. The van der Waals surface area contributed by atoms with Gasteiger partial charge in [0, 0.05) is 43.4 Å². The molecule has 1 fully saturated rings. The van der Waals surface area contributed by atoms with Gasteiger partial charge in [0.1, 0.15) is 0 Å². The lowest BCUT2D eigenvalue weighted by molar-refractivity contribution is 0.0674. The third-order valence-electron chi connectivity index (χ3n) is 5.58. The van der Waals surface area contributed by atoms with Crippen molar-refractivity contribution in [3.63, 3.8) is 0 Å². The molecule has 1 amide bonds. The Kier molecular flexibility index (Phi) is 6.01. The molecule has 0 unspecified atom stereocenters. The molecule has 164 valence electrons. The Balaban J connectivity index is 1.61. The summed E-state index contributed by atoms with van der Waals surface area (Å²) in [6, 6.07) is 1.39. The van der Waals surface area contributed by atoms with Crippen LogP contribution in [0.15, 0.2) is 41.9 Å². The second kappa shape index (κ2) is 8.72. The van der Waals surface area contributed by atoms with Crippen molar-refractivity contribution in [2.75, 3.05) is 19.5 Å². The van der Waals surface area contributed by atoms with Gasteiger partial charge in [-0.1, -0.05) is 6.92 Å². The first kappa shape index (κ1) is 21.4. The molecule has 1 aliphatic rings. The minimum atomic E-state index is -3.39. The fourth-order valence-corrected chi connectivity index (χ4v) is 4.45. The number of carbonyl (C=O) groups is 1. The van der Waals surface area contributed by atoms with Crippen LogP contribution in [0, 0.1) is 0 Å². The summed E-state index contributed by atoms with van der Waals surface area (Å²) in [5, 5.41) is 8.24. The maximum atomic E-state index is 13.1. The van der Waals surface area contributed by atoms with Crippen molar-refractivity contribution in [3.8, 4) is 0 Å². The lowest BCUT2D eigenvalue weighted by Crippen LogP contribution is -2.28. The van der Waals surface area contributed by atoms with Crippen LogP contribution in [0.25, 0.3) is 10.9 Å². The van der Waals surface area contributed by atoms with E-state index in [0.717, 1.165) is 30.0 Å². The zero-order valence-electron chi connectivity index (χ0n) is 17.5. The molecule has 10 heteroatoms. The molecule has 4 rings (SSSR count). The van der Waals surface area contributed by atoms with Crippen molar-refractivity contribution in [3.05, 3.63) is 48.2 Å². The van der Waals surface area contributed by atoms with Crippen molar-refractivity contribution in [2.24, 2.45) is 0 Å². The summed E-state index contributed by atoms with van der Waals surface area (Å²) in [6.45, 7) is 3.30. The number of nitrogens with zero attached hydrogens (tertiary/aromatic N) is 4. The molecule has 0 radical (unpaired) electrons. The first-order chi connectivity index (χ1) is 14.9. The smallest absolute Gasteiger partial charge is 0.254 e. The van der Waals surface area contributed by atoms with Crippen LogP contribution >= 0.6 is 0 Å². The van der Waals surface area contributed by atoms with Crippen LogP contribution in [0.4, 0.5) is 0 Å². The second-order valence-corrected chi connectivity index (χ2v) is 9.73. The van der Waals surface area contributed by atoms with Gasteiger partial charge >= 0.3 is 0 Å². The standard InChI is InChI=1S/C21H25N5O4S/c1-3-19(14-8-16(10-22-9-14)31(2,28)29)25-21(27)18-11-23-13-20-17(18)12-24-26(20)15-4-6-30-7-5-15/h8-13,15,19H,3-7H2,1-2H3,(H,25,27)/t19-/m0/s1. The molecule has 31 heavy (non-hydrogen) atoms. The Morgan fingerprint density at radius 1 is 1.19 bits per heavy atom. The third-order valence-corrected chi connectivity index (χ3v) is 6.66. The van der Waals surface area contributed by atoms with Crippen LogP contribution in [0.3, 0.4) is 0 Å². The Morgan fingerprint density at radius 2 is 1.94 bits per heavy atom. The van der Waals surface area contributed by atoms with Gasteiger partial charge in [-0.3, -0.25) is 19.4 Å². The molecule has 0 bridgehead atoms. The molecule has 0 saturated carbocycles. The predicted molar refractivity (Wildman–Crippen MR) is 114 cm³/mol. The van der Waals surface area contributed by atoms with Crippen LogP contribution in [-0.2, 0) is 14.6 Å². The minimum absolute atomic E-state index is 0.124. The van der Waals surface area contributed by atoms with Gasteiger partial charge < -0.3 is 10.1 Å². The summed E-state index contributed by atoms with van der Waals surface area (Å²) in [4.78, 5) is 21.6. The number of aromatic nitrogens is 4. The number of fused-ring (bicyclic) bond motifs is 1. The predicted octanol–water partition coefficient (Wildman–Crippen LogP) is 2.46. The van der Waals surface area contributed by atoms with E-state index in [1.54, 1.807) is 24.7 Å². The Bertz CT molecular complexity index is 1200. The average molecular weight is 444 g/mol. The van der Waals surface area contributed by atoms with Gasteiger partial charge in [0.2, 0.25) is 0 Å². The van der Waals surface area contributed by atoms with E-state index < -0.39 is 9.84 Å². The van der Waals surface area contributed by atoms with Crippen molar-refractivity contribution in [1.82, 2.24) is 25.1 Å². The van der Waals surface area contributed by atoms with E-state index in [4.69, 9.17) is 4.74 Å². The zero-order valence-corrected chi connectivity index (χ0v) is 18.3. The van der Waals surface area contributed by atoms with E-state index in [1.807, 2.05) is 11.6 Å². The maximum Gasteiger partial charge on any atom is 0.254 e. The van der Waals surface area contributed by atoms with Crippen molar-refractivity contribution >= 4 is 26.6 Å².